The zero-order chi connectivity index (χ0) is 17.1. The van der Waals surface area contributed by atoms with Crippen molar-refractivity contribution >= 4 is 11.0 Å². The molecule has 0 aliphatic heterocycles. The molecule has 1 fully saturated rings. The molecule has 1 aliphatic rings. The molecule has 0 amide bonds. The molecule has 1 aliphatic carbocycles. The first kappa shape index (κ1) is 16.2. The van der Waals surface area contributed by atoms with Crippen LogP contribution in [0.1, 0.15) is 49.9 Å². The smallest absolute Gasteiger partial charge is 0.119 e. The molecule has 0 atom stereocenters. The summed E-state index contributed by atoms with van der Waals surface area (Å²) in [6.45, 7) is 3.98. The number of ether oxygens (including phenoxy) is 1. The molecule has 4 rings (SSSR count). The van der Waals surface area contributed by atoms with Gasteiger partial charge in [0.15, 0.2) is 0 Å². The van der Waals surface area contributed by atoms with Gasteiger partial charge >= 0.3 is 0 Å². The van der Waals surface area contributed by atoms with Gasteiger partial charge in [0.25, 0.3) is 0 Å². The van der Waals surface area contributed by atoms with Crippen molar-refractivity contribution < 1.29 is 4.74 Å². The number of hydrogen-bond donors (Lipinski definition) is 0. The second-order valence-corrected chi connectivity index (χ2v) is 6.94. The van der Waals surface area contributed by atoms with E-state index >= 15 is 0 Å². The van der Waals surface area contributed by atoms with E-state index in [4.69, 9.17) is 9.72 Å². The summed E-state index contributed by atoms with van der Waals surface area (Å²) < 4.78 is 8.31. The monoisotopic (exact) mass is 334 g/mol. The zero-order valence-corrected chi connectivity index (χ0v) is 14.9. The third-order valence-electron chi connectivity index (χ3n) is 5.00. The first-order valence-electron chi connectivity index (χ1n) is 9.52. The van der Waals surface area contributed by atoms with Crippen molar-refractivity contribution in [3.05, 3.63) is 59.9 Å². The van der Waals surface area contributed by atoms with Crippen LogP contribution in [0.25, 0.3) is 11.0 Å². The predicted octanol–water partition coefficient (Wildman–Crippen LogP) is 5.34. The summed E-state index contributed by atoms with van der Waals surface area (Å²) in [6.07, 6.45) is 5.84. The van der Waals surface area contributed by atoms with Crippen LogP contribution >= 0.6 is 0 Å². The van der Waals surface area contributed by atoms with Crippen LogP contribution in [-0.2, 0) is 13.0 Å². The van der Waals surface area contributed by atoms with Gasteiger partial charge in [0.2, 0.25) is 0 Å². The number of rotatable bonds is 8. The van der Waals surface area contributed by atoms with Crippen molar-refractivity contribution in [1.82, 2.24) is 9.55 Å². The molecular weight excluding hydrogens is 308 g/mol. The number of para-hydroxylation sites is 2. The first-order chi connectivity index (χ1) is 12.3. The Morgan fingerprint density at radius 1 is 1.04 bits per heavy atom. The minimum Gasteiger partial charge on any atom is -0.494 e. The molecule has 1 aromatic heterocycles. The molecule has 0 bridgehead atoms. The number of benzene rings is 2. The van der Waals surface area contributed by atoms with Gasteiger partial charge < -0.3 is 9.30 Å². The fourth-order valence-electron chi connectivity index (χ4n) is 3.37. The number of aromatic nitrogens is 2. The average Bonchev–Trinajstić information content (AvgIpc) is 3.44. The van der Waals surface area contributed by atoms with E-state index in [9.17, 15) is 0 Å². The molecule has 2 aromatic carbocycles. The van der Waals surface area contributed by atoms with Crippen molar-refractivity contribution in [2.24, 2.45) is 0 Å². The lowest BCUT2D eigenvalue weighted by atomic mass is 10.2. The Morgan fingerprint density at radius 3 is 2.60 bits per heavy atom. The molecule has 3 heteroatoms. The highest BCUT2D eigenvalue weighted by molar-refractivity contribution is 5.76. The van der Waals surface area contributed by atoms with Crippen molar-refractivity contribution in [3.8, 4) is 5.75 Å². The molecule has 0 N–H and O–H groups in total. The summed E-state index contributed by atoms with van der Waals surface area (Å²) in [5.74, 6) is 2.95. The molecule has 0 radical (unpaired) electrons. The van der Waals surface area contributed by atoms with Gasteiger partial charge in [0.05, 0.1) is 17.6 Å². The normalized spacial score (nSPS) is 14.1. The quantitative estimate of drug-likeness (QED) is 0.520. The third-order valence-corrected chi connectivity index (χ3v) is 5.00. The number of aryl methyl sites for hydroxylation is 2. The number of imidazole rings is 1. The Hall–Kier alpha value is -2.29. The molecule has 25 heavy (non-hydrogen) atoms. The second kappa shape index (κ2) is 7.30. The van der Waals surface area contributed by atoms with E-state index in [1.807, 2.05) is 0 Å². The molecular formula is C22H26N2O. The Morgan fingerprint density at radius 2 is 1.84 bits per heavy atom. The van der Waals surface area contributed by atoms with Gasteiger partial charge in [0.1, 0.15) is 11.6 Å². The van der Waals surface area contributed by atoms with Gasteiger partial charge in [-0.3, -0.25) is 0 Å². The molecule has 0 saturated heterocycles. The summed E-state index contributed by atoms with van der Waals surface area (Å²) in [6, 6.07) is 17.0. The van der Waals surface area contributed by atoms with Crippen molar-refractivity contribution in [1.29, 1.82) is 0 Å². The summed E-state index contributed by atoms with van der Waals surface area (Å²) >= 11 is 0. The highest BCUT2D eigenvalue weighted by Crippen LogP contribution is 2.40. The topological polar surface area (TPSA) is 27.1 Å². The fourth-order valence-corrected chi connectivity index (χ4v) is 3.37. The van der Waals surface area contributed by atoms with Gasteiger partial charge in [-0.2, -0.15) is 0 Å². The maximum absolute atomic E-state index is 5.88. The minimum atomic E-state index is 0.681. The van der Waals surface area contributed by atoms with Crippen LogP contribution in [0, 0.1) is 0 Å². The molecule has 3 nitrogen and oxygen atoms in total. The molecule has 130 valence electrons. The van der Waals surface area contributed by atoms with Gasteiger partial charge in [-0.05, 0) is 61.9 Å². The summed E-state index contributed by atoms with van der Waals surface area (Å²) in [4.78, 5) is 4.87. The number of unbranched alkanes of at least 4 members (excludes halogenated alkanes) is 1. The average molecular weight is 334 g/mol. The SMILES string of the molecule is CCc1ccc(OCCCCn2c(C3CC3)nc3ccccc32)cc1. The van der Waals surface area contributed by atoms with Crippen LogP contribution in [0.15, 0.2) is 48.5 Å². The summed E-state index contributed by atoms with van der Waals surface area (Å²) in [7, 11) is 0. The van der Waals surface area contributed by atoms with E-state index in [1.165, 1.54) is 29.7 Å². The van der Waals surface area contributed by atoms with Crippen molar-refractivity contribution in [2.75, 3.05) is 6.61 Å². The van der Waals surface area contributed by atoms with E-state index in [0.29, 0.717) is 5.92 Å². The molecule has 0 spiro atoms. The molecule has 3 aromatic rings. The molecule has 1 saturated carbocycles. The lowest BCUT2D eigenvalue weighted by Crippen LogP contribution is -2.05. The Balaban J connectivity index is 1.32. The van der Waals surface area contributed by atoms with Crippen LogP contribution in [0.4, 0.5) is 0 Å². The summed E-state index contributed by atoms with van der Waals surface area (Å²) in [5.41, 5.74) is 3.77. The van der Waals surface area contributed by atoms with Crippen LogP contribution in [-0.4, -0.2) is 16.2 Å². The van der Waals surface area contributed by atoms with Gasteiger partial charge in [-0.15, -0.1) is 0 Å². The van der Waals surface area contributed by atoms with E-state index in [2.05, 4.69) is 60.0 Å². The minimum absolute atomic E-state index is 0.681. The largest absolute Gasteiger partial charge is 0.494 e. The number of nitrogens with zero attached hydrogens (tertiary/aromatic N) is 2. The lowest BCUT2D eigenvalue weighted by molar-refractivity contribution is 0.303. The fraction of sp³-hybridized carbons (Fsp3) is 0.409. The Bertz CT molecular complexity index is 831. The first-order valence-corrected chi connectivity index (χ1v) is 9.52. The lowest BCUT2D eigenvalue weighted by Gasteiger charge is -2.10. The van der Waals surface area contributed by atoms with Gasteiger partial charge in [-0.1, -0.05) is 31.2 Å². The highest BCUT2D eigenvalue weighted by atomic mass is 16.5. The van der Waals surface area contributed by atoms with Crippen LogP contribution < -0.4 is 4.74 Å². The number of fused-ring (bicyclic) bond motifs is 1. The Labute approximate surface area is 149 Å². The van der Waals surface area contributed by atoms with E-state index in [1.54, 1.807) is 0 Å². The predicted molar refractivity (Wildman–Crippen MR) is 102 cm³/mol. The van der Waals surface area contributed by atoms with Crippen LogP contribution in [0.3, 0.4) is 0 Å². The van der Waals surface area contributed by atoms with Crippen molar-refractivity contribution in [2.45, 2.75) is 51.5 Å². The second-order valence-electron chi connectivity index (χ2n) is 6.94. The van der Waals surface area contributed by atoms with E-state index < -0.39 is 0 Å². The van der Waals surface area contributed by atoms with Crippen LogP contribution in [0.2, 0.25) is 0 Å². The standard InChI is InChI=1S/C22H26N2O/c1-2-17-9-13-19(14-10-17)25-16-6-5-15-24-21-8-4-3-7-20(21)23-22(24)18-11-12-18/h3-4,7-10,13-14,18H,2,5-6,11-12,15-16H2,1H3. The van der Waals surface area contributed by atoms with Crippen molar-refractivity contribution in [3.63, 3.8) is 0 Å². The third kappa shape index (κ3) is 3.71. The Kier molecular flexibility index (Phi) is 4.73. The molecule has 1 heterocycles. The number of hydrogen-bond acceptors (Lipinski definition) is 2. The maximum atomic E-state index is 5.88. The highest BCUT2D eigenvalue weighted by Gasteiger charge is 2.29. The zero-order valence-electron chi connectivity index (χ0n) is 14.9. The van der Waals surface area contributed by atoms with Gasteiger partial charge in [0, 0.05) is 12.5 Å². The van der Waals surface area contributed by atoms with Gasteiger partial charge in [-0.25, -0.2) is 4.98 Å². The van der Waals surface area contributed by atoms with E-state index in [0.717, 1.165) is 43.7 Å². The summed E-state index contributed by atoms with van der Waals surface area (Å²) in [5, 5.41) is 0. The molecule has 0 unspecified atom stereocenters. The van der Waals surface area contributed by atoms with Crippen LogP contribution in [0.5, 0.6) is 5.75 Å². The van der Waals surface area contributed by atoms with E-state index in [-0.39, 0.29) is 0 Å². The maximum Gasteiger partial charge on any atom is 0.119 e.